The fraction of sp³-hybridized carbons (Fsp3) is 0.417. The molecule has 2 aromatic rings. The van der Waals surface area contributed by atoms with Gasteiger partial charge in [-0.25, -0.2) is 0 Å². The van der Waals surface area contributed by atoms with E-state index in [-0.39, 0.29) is 0 Å². The van der Waals surface area contributed by atoms with Crippen LogP contribution in [0.3, 0.4) is 0 Å². The van der Waals surface area contributed by atoms with Crippen molar-refractivity contribution in [1.29, 1.82) is 0 Å². The van der Waals surface area contributed by atoms with Gasteiger partial charge in [-0.1, -0.05) is 93.8 Å². The molecule has 0 unspecified atom stereocenters. The zero-order chi connectivity index (χ0) is 17.0. The van der Waals surface area contributed by atoms with Crippen LogP contribution in [0.5, 0.6) is 0 Å². The summed E-state index contributed by atoms with van der Waals surface area (Å²) < 4.78 is 0. The molecule has 2 rings (SSSR count). The third kappa shape index (κ3) is 6.74. The minimum absolute atomic E-state index is 1.12. The molecule has 0 heteroatoms. The van der Waals surface area contributed by atoms with Crippen molar-refractivity contribution in [2.24, 2.45) is 0 Å². The van der Waals surface area contributed by atoms with E-state index in [9.17, 15) is 0 Å². The summed E-state index contributed by atoms with van der Waals surface area (Å²) in [4.78, 5) is 0. The Kier molecular flexibility index (Phi) is 8.38. The second-order valence-corrected chi connectivity index (χ2v) is 6.71. The second kappa shape index (κ2) is 10.9. The molecule has 0 spiro atoms. The van der Waals surface area contributed by atoms with Gasteiger partial charge in [0.2, 0.25) is 0 Å². The van der Waals surface area contributed by atoms with Crippen molar-refractivity contribution in [3.63, 3.8) is 0 Å². The van der Waals surface area contributed by atoms with Gasteiger partial charge in [0.05, 0.1) is 0 Å². The molecule has 2 aromatic carbocycles. The first-order chi connectivity index (χ1) is 11.8. The van der Waals surface area contributed by atoms with Crippen LogP contribution in [0.2, 0.25) is 0 Å². The third-order valence-corrected chi connectivity index (χ3v) is 4.50. The van der Waals surface area contributed by atoms with E-state index in [0.29, 0.717) is 0 Å². The molecule has 0 aliphatic rings. The van der Waals surface area contributed by atoms with E-state index in [4.69, 9.17) is 0 Å². The van der Waals surface area contributed by atoms with Crippen LogP contribution >= 0.6 is 0 Å². The van der Waals surface area contributed by atoms with Crippen LogP contribution in [0, 0.1) is 0 Å². The standard InChI is InChI=1S/C24H32/c1-3-5-6-7-8-11-23-12-9-13-24(20-23)19-18-22-16-14-21(10-4-2)15-17-22/h8-9,11-17,20H,3-7,10,18-19H2,1-2H3/b11-8+. The van der Waals surface area contributed by atoms with Crippen molar-refractivity contribution < 1.29 is 0 Å². The number of unbranched alkanes of at least 4 members (excludes halogenated alkanes) is 3. The minimum atomic E-state index is 1.12. The van der Waals surface area contributed by atoms with Crippen molar-refractivity contribution in [3.8, 4) is 0 Å². The van der Waals surface area contributed by atoms with Crippen molar-refractivity contribution >= 4 is 6.08 Å². The lowest BCUT2D eigenvalue weighted by Gasteiger charge is -2.05. The Morgan fingerprint density at radius 3 is 2.12 bits per heavy atom. The summed E-state index contributed by atoms with van der Waals surface area (Å²) in [7, 11) is 0. The van der Waals surface area contributed by atoms with Crippen molar-refractivity contribution in [2.75, 3.05) is 0 Å². The Bertz CT molecular complexity index is 604. The van der Waals surface area contributed by atoms with Gasteiger partial charge in [-0.15, -0.1) is 0 Å². The molecule has 0 amide bonds. The van der Waals surface area contributed by atoms with E-state index in [0.717, 1.165) is 12.8 Å². The van der Waals surface area contributed by atoms with Gasteiger partial charge in [0.15, 0.2) is 0 Å². The highest BCUT2D eigenvalue weighted by Crippen LogP contribution is 2.13. The highest BCUT2D eigenvalue weighted by molar-refractivity contribution is 5.50. The summed E-state index contributed by atoms with van der Waals surface area (Å²) in [6.45, 7) is 4.49. The highest BCUT2D eigenvalue weighted by atomic mass is 14.0. The van der Waals surface area contributed by atoms with E-state index in [1.807, 2.05) is 0 Å². The van der Waals surface area contributed by atoms with Crippen molar-refractivity contribution in [1.82, 2.24) is 0 Å². The van der Waals surface area contributed by atoms with Gasteiger partial charge in [-0.05, 0) is 54.4 Å². The highest BCUT2D eigenvalue weighted by Gasteiger charge is 1.98. The monoisotopic (exact) mass is 320 g/mol. The average molecular weight is 321 g/mol. The molecular weight excluding hydrogens is 288 g/mol. The summed E-state index contributed by atoms with van der Waals surface area (Å²) in [6.07, 6.45) is 14.4. The lowest BCUT2D eigenvalue weighted by molar-refractivity contribution is 0.730. The minimum Gasteiger partial charge on any atom is -0.0839 e. The van der Waals surface area contributed by atoms with Gasteiger partial charge < -0.3 is 0 Å². The molecule has 0 aromatic heterocycles. The molecule has 0 atom stereocenters. The fourth-order valence-electron chi connectivity index (χ4n) is 3.03. The Morgan fingerprint density at radius 2 is 1.42 bits per heavy atom. The second-order valence-electron chi connectivity index (χ2n) is 6.71. The first-order valence-electron chi connectivity index (χ1n) is 9.65. The Balaban J connectivity index is 1.85. The van der Waals surface area contributed by atoms with Crippen LogP contribution in [0.25, 0.3) is 6.08 Å². The lowest BCUT2D eigenvalue weighted by atomic mass is 10.0. The van der Waals surface area contributed by atoms with Gasteiger partial charge in [0.1, 0.15) is 0 Å². The summed E-state index contributed by atoms with van der Waals surface area (Å²) in [5, 5.41) is 0. The zero-order valence-electron chi connectivity index (χ0n) is 15.4. The van der Waals surface area contributed by atoms with Crippen LogP contribution in [0.1, 0.15) is 68.2 Å². The van der Waals surface area contributed by atoms with E-state index >= 15 is 0 Å². The Hall–Kier alpha value is -1.82. The maximum absolute atomic E-state index is 2.34. The summed E-state index contributed by atoms with van der Waals surface area (Å²) >= 11 is 0. The molecule has 128 valence electrons. The smallest absolute Gasteiger partial charge is 0.0238 e. The van der Waals surface area contributed by atoms with Crippen LogP contribution in [0.4, 0.5) is 0 Å². The maximum atomic E-state index is 2.34. The van der Waals surface area contributed by atoms with E-state index < -0.39 is 0 Å². The third-order valence-electron chi connectivity index (χ3n) is 4.50. The Morgan fingerprint density at radius 1 is 0.708 bits per heavy atom. The van der Waals surface area contributed by atoms with Gasteiger partial charge in [-0.3, -0.25) is 0 Å². The lowest BCUT2D eigenvalue weighted by Crippen LogP contribution is -1.92. The zero-order valence-corrected chi connectivity index (χ0v) is 15.4. The number of allylic oxidation sites excluding steroid dienone is 1. The normalized spacial score (nSPS) is 11.2. The maximum Gasteiger partial charge on any atom is -0.0238 e. The molecule has 0 bridgehead atoms. The molecule has 0 aliphatic heterocycles. The first-order valence-corrected chi connectivity index (χ1v) is 9.65. The Labute approximate surface area is 148 Å². The topological polar surface area (TPSA) is 0 Å². The first kappa shape index (κ1) is 18.5. The predicted octanol–water partition coefficient (Wildman–Crippen LogP) is 7.02. The summed E-state index contributed by atoms with van der Waals surface area (Å²) in [5.74, 6) is 0. The molecule has 0 aliphatic carbocycles. The molecule has 0 saturated heterocycles. The number of hydrogen-bond donors (Lipinski definition) is 0. The van der Waals surface area contributed by atoms with E-state index in [1.165, 1.54) is 60.8 Å². The quantitative estimate of drug-likeness (QED) is 0.413. The van der Waals surface area contributed by atoms with E-state index in [2.05, 4.69) is 74.5 Å². The SMILES string of the molecule is CCCCC/C=C/c1cccc(CCc2ccc(CCC)cc2)c1. The molecule has 0 N–H and O–H groups in total. The fourth-order valence-corrected chi connectivity index (χ4v) is 3.03. The van der Waals surface area contributed by atoms with E-state index in [1.54, 1.807) is 0 Å². The number of aryl methyl sites for hydroxylation is 3. The molecular formula is C24H32. The van der Waals surface area contributed by atoms with Crippen molar-refractivity contribution in [3.05, 3.63) is 76.9 Å². The molecule has 0 nitrogen and oxygen atoms in total. The van der Waals surface area contributed by atoms with Gasteiger partial charge >= 0.3 is 0 Å². The van der Waals surface area contributed by atoms with Crippen LogP contribution in [-0.2, 0) is 19.3 Å². The molecule has 0 radical (unpaired) electrons. The number of rotatable bonds is 10. The van der Waals surface area contributed by atoms with Gasteiger partial charge in [-0.2, -0.15) is 0 Å². The molecule has 24 heavy (non-hydrogen) atoms. The summed E-state index contributed by atoms with van der Waals surface area (Å²) in [6, 6.07) is 18.1. The molecule has 0 fully saturated rings. The average Bonchev–Trinajstić information content (AvgIpc) is 2.62. The largest absolute Gasteiger partial charge is 0.0839 e. The van der Waals surface area contributed by atoms with Gasteiger partial charge in [0, 0.05) is 0 Å². The van der Waals surface area contributed by atoms with Gasteiger partial charge in [0.25, 0.3) is 0 Å². The van der Waals surface area contributed by atoms with Crippen molar-refractivity contribution in [2.45, 2.75) is 65.2 Å². The molecule has 0 heterocycles. The van der Waals surface area contributed by atoms with Crippen LogP contribution < -0.4 is 0 Å². The van der Waals surface area contributed by atoms with Crippen LogP contribution in [0.15, 0.2) is 54.6 Å². The predicted molar refractivity (Wildman–Crippen MR) is 107 cm³/mol. The number of hydrogen-bond acceptors (Lipinski definition) is 0. The summed E-state index contributed by atoms with van der Waals surface area (Å²) in [5.41, 5.74) is 5.66. The van der Waals surface area contributed by atoms with Crippen LogP contribution in [-0.4, -0.2) is 0 Å². The number of benzene rings is 2. The molecule has 0 saturated carbocycles.